The summed E-state index contributed by atoms with van der Waals surface area (Å²) < 4.78 is 11.6. The molecule has 6 nitrogen and oxygen atoms in total. The van der Waals surface area contributed by atoms with Crippen molar-refractivity contribution < 1.29 is 9.47 Å². The molecule has 2 rings (SSSR count). The van der Waals surface area contributed by atoms with E-state index in [1.165, 1.54) is 0 Å². The Morgan fingerprint density at radius 3 is 2.23 bits per heavy atom. The molecule has 4 unspecified atom stereocenters. The predicted octanol–water partition coefficient (Wildman–Crippen LogP) is 2.72. The molecule has 2 saturated heterocycles. The summed E-state index contributed by atoms with van der Waals surface area (Å²) in [5.41, 5.74) is -3.32. The number of hydrogen-bond donors (Lipinski definition) is 1. The summed E-state index contributed by atoms with van der Waals surface area (Å²) >= 11 is 0. The van der Waals surface area contributed by atoms with Gasteiger partial charge in [-0.15, -0.1) is 0 Å². The van der Waals surface area contributed by atoms with Crippen molar-refractivity contribution >= 4 is 5.90 Å². The molecule has 6 heteroatoms. The van der Waals surface area contributed by atoms with Gasteiger partial charge in [-0.05, 0) is 18.8 Å². The summed E-state index contributed by atoms with van der Waals surface area (Å²) in [6.07, 6.45) is 0.164. The maximum Gasteiger partial charge on any atom is 0.214 e. The van der Waals surface area contributed by atoms with Gasteiger partial charge < -0.3 is 9.47 Å². The van der Waals surface area contributed by atoms with Gasteiger partial charge in [-0.3, -0.25) is 5.41 Å². The van der Waals surface area contributed by atoms with Crippen LogP contribution in [0.4, 0.5) is 0 Å². The third-order valence-electron chi connectivity index (χ3n) is 4.92. The second-order valence-corrected chi connectivity index (χ2v) is 6.60. The van der Waals surface area contributed by atoms with Gasteiger partial charge in [0.15, 0.2) is 10.8 Å². The Kier molecular flexibility index (Phi) is 3.68. The highest BCUT2D eigenvalue weighted by Crippen LogP contribution is 2.64. The molecule has 0 amide bonds. The highest BCUT2D eigenvalue weighted by Gasteiger charge is 2.78. The Hall–Kier alpha value is -2.10. The minimum Gasteiger partial charge on any atom is -0.448 e. The third-order valence-corrected chi connectivity index (χ3v) is 4.92. The van der Waals surface area contributed by atoms with Gasteiger partial charge in [0, 0.05) is 6.92 Å². The van der Waals surface area contributed by atoms with Crippen LogP contribution in [0.15, 0.2) is 0 Å². The smallest absolute Gasteiger partial charge is 0.214 e. The molecule has 0 aliphatic carbocycles. The number of nitrogens with one attached hydrogen (secondary N) is 1. The topological polar surface area (TPSA) is 114 Å². The lowest BCUT2D eigenvalue weighted by molar-refractivity contribution is -0.272. The fourth-order valence-electron chi connectivity index (χ4n) is 3.98. The van der Waals surface area contributed by atoms with Gasteiger partial charge in [0.2, 0.25) is 11.7 Å². The lowest BCUT2D eigenvalue weighted by Gasteiger charge is -2.48. The Bertz CT molecular complexity index is 610. The minimum atomic E-state index is -1.74. The molecule has 4 atom stereocenters. The second kappa shape index (κ2) is 4.97. The number of hydrogen-bond acceptors (Lipinski definition) is 6. The van der Waals surface area contributed by atoms with Crippen LogP contribution < -0.4 is 0 Å². The molecule has 0 aromatic heterocycles. The van der Waals surface area contributed by atoms with Gasteiger partial charge in [-0.1, -0.05) is 20.8 Å². The van der Waals surface area contributed by atoms with Crippen molar-refractivity contribution in [1.29, 1.82) is 21.2 Å². The average Bonchev–Trinajstić information content (AvgIpc) is 2.63. The van der Waals surface area contributed by atoms with Crippen molar-refractivity contribution in [2.45, 2.75) is 52.4 Å². The first-order valence-electron chi connectivity index (χ1n) is 7.47. The first-order chi connectivity index (χ1) is 10.3. The maximum absolute atomic E-state index is 9.88. The van der Waals surface area contributed by atoms with Crippen LogP contribution in [0.1, 0.15) is 40.5 Å². The lowest BCUT2D eigenvalue weighted by Crippen LogP contribution is -2.62. The zero-order valence-electron chi connectivity index (χ0n) is 13.3. The van der Waals surface area contributed by atoms with Crippen molar-refractivity contribution in [2.24, 2.45) is 22.7 Å². The number of fused-ring (bicyclic) bond motifs is 2. The van der Waals surface area contributed by atoms with Gasteiger partial charge in [0.25, 0.3) is 0 Å². The van der Waals surface area contributed by atoms with Crippen molar-refractivity contribution in [3.63, 3.8) is 0 Å². The predicted molar refractivity (Wildman–Crippen MR) is 77.0 cm³/mol. The maximum atomic E-state index is 9.88. The molecule has 2 aliphatic heterocycles. The third kappa shape index (κ3) is 1.64. The van der Waals surface area contributed by atoms with Crippen molar-refractivity contribution in [1.82, 2.24) is 0 Å². The molecular formula is C16H20N4O2. The van der Waals surface area contributed by atoms with Crippen LogP contribution in [0.5, 0.6) is 0 Å². The standard InChI is InChI=1S/C16H20N4O2/c1-5-11-14(4)21-12(6-10(2)3)15(7-17,8-18)16(11,9-19)13(20)22-14/h10-12,20H,5-6H2,1-4H3. The molecule has 22 heavy (non-hydrogen) atoms. The van der Waals surface area contributed by atoms with Crippen LogP contribution in [-0.4, -0.2) is 17.8 Å². The van der Waals surface area contributed by atoms with Gasteiger partial charge in [-0.2, -0.15) is 15.8 Å². The van der Waals surface area contributed by atoms with E-state index >= 15 is 0 Å². The summed E-state index contributed by atoms with van der Waals surface area (Å²) in [6.45, 7) is 7.47. The average molecular weight is 300 g/mol. The fraction of sp³-hybridized carbons (Fsp3) is 0.750. The van der Waals surface area contributed by atoms with Crippen LogP contribution >= 0.6 is 0 Å². The van der Waals surface area contributed by atoms with Crippen molar-refractivity contribution in [2.75, 3.05) is 0 Å². The van der Waals surface area contributed by atoms with Crippen LogP contribution in [0, 0.1) is 62.1 Å². The molecule has 2 bridgehead atoms. The normalized spacial score (nSPS) is 38.7. The molecule has 2 heterocycles. The summed E-state index contributed by atoms with van der Waals surface area (Å²) in [6, 6.07) is 6.16. The molecule has 1 N–H and O–H groups in total. The largest absolute Gasteiger partial charge is 0.448 e. The van der Waals surface area contributed by atoms with E-state index in [1.54, 1.807) is 6.92 Å². The fourth-order valence-corrected chi connectivity index (χ4v) is 3.98. The van der Waals surface area contributed by atoms with E-state index in [1.807, 2.05) is 32.9 Å². The zero-order valence-corrected chi connectivity index (χ0v) is 13.3. The molecular weight excluding hydrogens is 280 g/mol. The highest BCUT2D eigenvalue weighted by atomic mass is 16.7. The molecule has 2 aliphatic rings. The highest BCUT2D eigenvalue weighted by molar-refractivity contribution is 5.89. The summed E-state index contributed by atoms with van der Waals surface area (Å²) in [5.74, 6) is -1.81. The monoisotopic (exact) mass is 300 g/mol. The van der Waals surface area contributed by atoms with E-state index in [0.717, 1.165) is 0 Å². The number of nitriles is 3. The first kappa shape index (κ1) is 16.3. The van der Waals surface area contributed by atoms with Crippen LogP contribution in [0.2, 0.25) is 0 Å². The summed E-state index contributed by atoms with van der Waals surface area (Å²) in [5, 5.41) is 37.7. The lowest BCUT2D eigenvalue weighted by atomic mass is 9.53. The Labute approximate surface area is 130 Å². The van der Waals surface area contributed by atoms with E-state index in [2.05, 4.69) is 6.07 Å². The molecule has 0 aromatic rings. The number of rotatable bonds is 3. The molecule has 0 saturated carbocycles. The number of ether oxygens (including phenoxy) is 2. The molecule has 2 fully saturated rings. The van der Waals surface area contributed by atoms with E-state index in [4.69, 9.17) is 14.9 Å². The first-order valence-corrected chi connectivity index (χ1v) is 7.47. The van der Waals surface area contributed by atoms with Gasteiger partial charge in [-0.25, -0.2) is 0 Å². The van der Waals surface area contributed by atoms with Gasteiger partial charge in [0.05, 0.1) is 30.2 Å². The number of nitrogens with zero attached hydrogens (tertiary/aromatic N) is 3. The Balaban J connectivity index is 2.75. The quantitative estimate of drug-likeness (QED) is 0.860. The van der Waals surface area contributed by atoms with Gasteiger partial charge in [0.1, 0.15) is 0 Å². The van der Waals surface area contributed by atoms with Crippen LogP contribution in [-0.2, 0) is 9.47 Å². The molecule has 116 valence electrons. The Morgan fingerprint density at radius 1 is 1.23 bits per heavy atom. The van der Waals surface area contributed by atoms with Crippen molar-refractivity contribution in [3.8, 4) is 18.2 Å². The van der Waals surface area contributed by atoms with E-state index < -0.39 is 28.6 Å². The summed E-state index contributed by atoms with van der Waals surface area (Å²) in [7, 11) is 0. The molecule has 0 aromatic carbocycles. The van der Waals surface area contributed by atoms with Crippen LogP contribution in [0.3, 0.4) is 0 Å². The molecule has 0 radical (unpaired) electrons. The second-order valence-electron chi connectivity index (χ2n) is 6.60. The van der Waals surface area contributed by atoms with E-state index in [-0.39, 0.29) is 11.8 Å². The SMILES string of the molecule is CCC1C2(C)OC(=N)C1(C#N)C(C#N)(C#N)C(CC(C)C)O2. The van der Waals surface area contributed by atoms with Crippen LogP contribution in [0.25, 0.3) is 0 Å². The zero-order chi connectivity index (χ0) is 16.8. The van der Waals surface area contributed by atoms with E-state index in [9.17, 15) is 15.8 Å². The van der Waals surface area contributed by atoms with Gasteiger partial charge >= 0.3 is 0 Å². The molecule has 0 spiro atoms. The summed E-state index contributed by atoms with van der Waals surface area (Å²) in [4.78, 5) is 0. The minimum absolute atomic E-state index is 0.178. The Morgan fingerprint density at radius 2 is 1.82 bits per heavy atom. The van der Waals surface area contributed by atoms with Crippen molar-refractivity contribution in [3.05, 3.63) is 0 Å². The van der Waals surface area contributed by atoms with E-state index in [0.29, 0.717) is 12.8 Å².